The number of hydrogen-bond donors (Lipinski definition) is 2. The van der Waals surface area contributed by atoms with Crippen molar-refractivity contribution < 1.29 is 9.53 Å². The summed E-state index contributed by atoms with van der Waals surface area (Å²) in [5.74, 6) is 0.225. The molecule has 2 aromatic rings. The number of primary amides is 1. The first-order valence-electron chi connectivity index (χ1n) is 6.67. The van der Waals surface area contributed by atoms with E-state index in [0.29, 0.717) is 12.3 Å². The molecule has 5 nitrogen and oxygen atoms in total. The molecule has 1 heterocycles. The van der Waals surface area contributed by atoms with Crippen molar-refractivity contribution in [3.05, 3.63) is 53.7 Å². The molecule has 110 valence electrons. The van der Waals surface area contributed by atoms with Crippen LogP contribution in [0.3, 0.4) is 0 Å². The second-order valence-electron chi connectivity index (χ2n) is 5.43. The summed E-state index contributed by atoms with van der Waals surface area (Å²) in [5, 5.41) is 0. The number of hydrogen-bond acceptors (Lipinski definition) is 4. The van der Waals surface area contributed by atoms with E-state index in [1.807, 2.05) is 24.3 Å². The SMILES string of the molecule is CC(C)(CN)c1ccc(Oc2ncccc2C(N)=O)cc1. The van der Waals surface area contributed by atoms with E-state index in [1.165, 1.54) is 0 Å². The summed E-state index contributed by atoms with van der Waals surface area (Å²) < 4.78 is 5.63. The minimum atomic E-state index is -0.570. The highest BCUT2D eigenvalue weighted by atomic mass is 16.5. The minimum Gasteiger partial charge on any atom is -0.438 e. The first-order chi connectivity index (χ1) is 9.94. The average Bonchev–Trinajstić information content (AvgIpc) is 2.48. The number of carbonyl (C=O) groups excluding carboxylic acids is 1. The van der Waals surface area contributed by atoms with Gasteiger partial charge in [-0.15, -0.1) is 0 Å². The number of pyridine rings is 1. The van der Waals surface area contributed by atoms with E-state index in [1.54, 1.807) is 18.3 Å². The molecule has 0 radical (unpaired) electrons. The molecular weight excluding hydrogens is 266 g/mol. The van der Waals surface area contributed by atoms with Crippen LogP contribution in [0.2, 0.25) is 0 Å². The lowest BCUT2D eigenvalue weighted by atomic mass is 9.85. The normalized spacial score (nSPS) is 11.2. The standard InChI is InChI=1S/C16H19N3O2/c1-16(2,10-17)11-5-7-12(8-6-11)21-15-13(14(18)20)4-3-9-19-15/h3-9H,10,17H2,1-2H3,(H2,18,20). The molecule has 0 aliphatic carbocycles. The Labute approximate surface area is 123 Å². The number of carbonyl (C=O) groups is 1. The summed E-state index contributed by atoms with van der Waals surface area (Å²) in [5.41, 5.74) is 12.3. The second-order valence-corrected chi connectivity index (χ2v) is 5.43. The van der Waals surface area contributed by atoms with Crippen molar-refractivity contribution in [2.75, 3.05) is 6.54 Å². The zero-order chi connectivity index (χ0) is 15.5. The fourth-order valence-corrected chi connectivity index (χ4v) is 1.86. The van der Waals surface area contributed by atoms with E-state index in [2.05, 4.69) is 18.8 Å². The first-order valence-corrected chi connectivity index (χ1v) is 6.67. The Morgan fingerprint density at radius 3 is 2.48 bits per heavy atom. The zero-order valence-electron chi connectivity index (χ0n) is 12.2. The second kappa shape index (κ2) is 5.93. The maximum absolute atomic E-state index is 11.3. The van der Waals surface area contributed by atoms with Crippen LogP contribution in [-0.2, 0) is 5.41 Å². The van der Waals surface area contributed by atoms with Crippen LogP contribution in [0.25, 0.3) is 0 Å². The number of amides is 1. The molecule has 1 aromatic carbocycles. The molecule has 0 fully saturated rings. The highest BCUT2D eigenvalue weighted by Gasteiger charge is 2.18. The van der Waals surface area contributed by atoms with Crippen molar-refractivity contribution in [3.8, 4) is 11.6 Å². The van der Waals surface area contributed by atoms with E-state index in [-0.39, 0.29) is 16.9 Å². The summed E-state index contributed by atoms with van der Waals surface area (Å²) in [7, 11) is 0. The molecule has 2 rings (SSSR count). The zero-order valence-corrected chi connectivity index (χ0v) is 12.2. The Morgan fingerprint density at radius 2 is 1.90 bits per heavy atom. The lowest BCUT2D eigenvalue weighted by Gasteiger charge is -2.23. The van der Waals surface area contributed by atoms with Crippen LogP contribution in [0.1, 0.15) is 29.8 Å². The fourth-order valence-electron chi connectivity index (χ4n) is 1.86. The Bertz CT molecular complexity index is 636. The van der Waals surface area contributed by atoms with Crippen molar-refractivity contribution in [2.24, 2.45) is 11.5 Å². The monoisotopic (exact) mass is 285 g/mol. The van der Waals surface area contributed by atoms with Crippen LogP contribution in [-0.4, -0.2) is 17.4 Å². The number of rotatable bonds is 5. The molecule has 0 spiro atoms. The number of aromatic nitrogens is 1. The molecule has 0 aliphatic heterocycles. The maximum Gasteiger partial charge on any atom is 0.254 e. The van der Waals surface area contributed by atoms with Gasteiger partial charge in [0, 0.05) is 18.2 Å². The molecule has 21 heavy (non-hydrogen) atoms. The lowest BCUT2D eigenvalue weighted by Crippen LogP contribution is -2.27. The van der Waals surface area contributed by atoms with Gasteiger partial charge in [-0.1, -0.05) is 26.0 Å². The molecule has 0 saturated carbocycles. The number of ether oxygens (including phenoxy) is 1. The van der Waals surface area contributed by atoms with Crippen LogP contribution in [0.5, 0.6) is 11.6 Å². The van der Waals surface area contributed by atoms with Crippen LogP contribution in [0.4, 0.5) is 0 Å². The van der Waals surface area contributed by atoms with E-state index < -0.39 is 5.91 Å². The molecule has 0 aliphatic rings. The summed E-state index contributed by atoms with van der Waals surface area (Å²) in [6.07, 6.45) is 1.55. The predicted molar refractivity (Wildman–Crippen MR) is 81.4 cm³/mol. The van der Waals surface area contributed by atoms with Gasteiger partial charge >= 0.3 is 0 Å². The maximum atomic E-state index is 11.3. The predicted octanol–water partition coefficient (Wildman–Crippen LogP) is 2.21. The van der Waals surface area contributed by atoms with Gasteiger partial charge in [0.05, 0.1) is 0 Å². The van der Waals surface area contributed by atoms with Gasteiger partial charge in [0.2, 0.25) is 5.88 Å². The Kier molecular flexibility index (Phi) is 4.23. The van der Waals surface area contributed by atoms with Crippen molar-refractivity contribution in [2.45, 2.75) is 19.3 Å². The third-order valence-corrected chi connectivity index (χ3v) is 3.40. The van der Waals surface area contributed by atoms with Gasteiger partial charge in [0.25, 0.3) is 5.91 Å². The van der Waals surface area contributed by atoms with Crippen molar-refractivity contribution in [3.63, 3.8) is 0 Å². The third-order valence-electron chi connectivity index (χ3n) is 3.40. The van der Waals surface area contributed by atoms with Crippen LogP contribution in [0.15, 0.2) is 42.6 Å². The fraction of sp³-hybridized carbons (Fsp3) is 0.250. The quantitative estimate of drug-likeness (QED) is 0.881. The molecule has 4 N–H and O–H groups in total. The van der Waals surface area contributed by atoms with Gasteiger partial charge in [-0.05, 0) is 29.8 Å². The molecule has 5 heteroatoms. The number of benzene rings is 1. The minimum absolute atomic E-state index is 0.0953. The summed E-state index contributed by atoms with van der Waals surface area (Å²) in [4.78, 5) is 15.4. The highest BCUT2D eigenvalue weighted by Crippen LogP contribution is 2.27. The average molecular weight is 285 g/mol. The molecule has 0 bridgehead atoms. The van der Waals surface area contributed by atoms with Crippen molar-refractivity contribution >= 4 is 5.91 Å². The van der Waals surface area contributed by atoms with Gasteiger partial charge in [0.15, 0.2) is 0 Å². The van der Waals surface area contributed by atoms with Gasteiger partial charge in [-0.25, -0.2) is 4.98 Å². The Balaban J connectivity index is 2.24. The number of nitrogens with two attached hydrogens (primary N) is 2. The molecule has 0 unspecified atom stereocenters. The molecule has 0 atom stereocenters. The van der Waals surface area contributed by atoms with E-state index >= 15 is 0 Å². The summed E-state index contributed by atoms with van der Waals surface area (Å²) >= 11 is 0. The van der Waals surface area contributed by atoms with Crippen molar-refractivity contribution in [1.29, 1.82) is 0 Å². The topological polar surface area (TPSA) is 91.2 Å². The molecular formula is C16H19N3O2. The van der Waals surface area contributed by atoms with Gasteiger partial charge < -0.3 is 16.2 Å². The van der Waals surface area contributed by atoms with Crippen LogP contribution in [0, 0.1) is 0 Å². The lowest BCUT2D eigenvalue weighted by molar-refractivity contribution is 0.0997. The Hall–Kier alpha value is -2.40. The van der Waals surface area contributed by atoms with E-state index in [4.69, 9.17) is 16.2 Å². The van der Waals surface area contributed by atoms with Gasteiger partial charge in [-0.3, -0.25) is 4.79 Å². The largest absolute Gasteiger partial charge is 0.438 e. The summed E-state index contributed by atoms with van der Waals surface area (Å²) in [6, 6.07) is 10.8. The number of nitrogens with zero attached hydrogens (tertiary/aromatic N) is 1. The van der Waals surface area contributed by atoms with Gasteiger partial charge in [-0.2, -0.15) is 0 Å². The Morgan fingerprint density at radius 1 is 1.24 bits per heavy atom. The first kappa shape index (κ1) is 15.0. The molecule has 1 amide bonds. The van der Waals surface area contributed by atoms with Crippen molar-refractivity contribution in [1.82, 2.24) is 4.98 Å². The molecule has 0 saturated heterocycles. The molecule has 1 aromatic heterocycles. The van der Waals surface area contributed by atoms with E-state index in [9.17, 15) is 4.79 Å². The summed E-state index contributed by atoms with van der Waals surface area (Å²) in [6.45, 7) is 4.71. The highest BCUT2D eigenvalue weighted by molar-refractivity contribution is 5.95. The van der Waals surface area contributed by atoms with E-state index in [0.717, 1.165) is 5.56 Å². The van der Waals surface area contributed by atoms with Crippen LogP contribution < -0.4 is 16.2 Å². The smallest absolute Gasteiger partial charge is 0.254 e. The third kappa shape index (κ3) is 3.38. The van der Waals surface area contributed by atoms with Gasteiger partial charge in [0.1, 0.15) is 11.3 Å². The van der Waals surface area contributed by atoms with Crippen LogP contribution >= 0.6 is 0 Å².